The van der Waals surface area contributed by atoms with Crippen molar-refractivity contribution in [3.05, 3.63) is 47.2 Å². The number of hydrogen-bond acceptors (Lipinski definition) is 5. The summed E-state index contributed by atoms with van der Waals surface area (Å²) in [4.78, 5) is 24.1. The molecule has 1 aliphatic heterocycles. The van der Waals surface area contributed by atoms with E-state index in [1.165, 1.54) is 0 Å². The lowest BCUT2D eigenvalue weighted by atomic mass is 9.82. The standard InChI is InChI=1S/C20H25NO6/c1-12(2)9-10-27-15-7-5-14(6-8-15)16-17(18(22)23)21(26)19(24)20(16,25)11-13(3)4/h5-9,13,25-26H,10-11H2,1-4H3,(H,22,23). The molecule has 0 radical (unpaired) electrons. The number of carbonyl (C=O) groups is 2. The Morgan fingerprint density at radius 1 is 1.26 bits per heavy atom. The molecule has 1 aromatic carbocycles. The SMILES string of the molecule is CC(C)=CCOc1ccc(C2=C(C(=O)O)N(O)C(=O)C2(O)CC(C)C)cc1. The fourth-order valence-electron chi connectivity index (χ4n) is 3.06. The summed E-state index contributed by atoms with van der Waals surface area (Å²) in [6, 6.07) is 6.38. The van der Waals surface area contributed by atoms with Crippen LogP contribution in [-0.2, 0) is 9.59 Å². The molecule has 7 nitrogen and oxygen atoms in total. The highest BCUT2D eigenvalue weighted by Crippen LogP contribution is 2.43. The molecule has 27 heavy (non-hydrogen) atoms. The molecule has 146 valence electrons. The van der Waals surface area contributed by atoms with Gasteiger partial charge in [0.25, 0.3) is 5.91 Å². The lowest BCUT2D eigenvalue weighted by Crippen LogP contribution is -2.42. The normalized spacial score (nSPS) is 19.7. The van der Waals surface area contributed by atoms with Gasteiger partial charge in [-0.05, 0) is 50.0 Å². The van der Waals surface area contributed by atoms with Gasteiger partial charge in [0.05, 0.1) is 0 Å². The number of ether oxygens (including phenoxy) is 1. The van der Waals surface area contributed by atoms with E-state index in [-0.39, 0.29) is 23.0 Å². The van der Waals surface area contributed by atoms with E-state index in [0.29, 0.717) is 17.9 Å². The number of aliphatic hydroxyl groups is 1. The molecule has 1 aromatic rings. The number of benzene rings is 1. The molecule has 0 saturated carbocycles. The maximum absolute atomic E-state index is 12.4. The number of rotatable bonds is 7. The van der Waals surface area contributed by atoms with E-state index in [4.69, 9.17) is 4.74 Å². The van der Waals surface area contributed by atoms with Gasteiger partial charge in [-0.25, -0.2) is 4.79 Å². The molecule has 1 unspecified atom stereocenters. The van der Waals surface area contributed by atoms with Crippen LogP contribution in [0, 0.1) is 5.92 Å². The van der Waals surface area contributed by atoms with Crippen molar-refractivity contribution in [3.8, 4) is 5.75 Å². The first kappa shape index (κ1) is 20.7. The molecule has 1 amide bonds. The Bertz CT molecular complexity index is 789. The summed E-state index contributed by atoms with van der Waals surface area (Å²) in [6.07, 6.45) is 1.90. The molecule has 7 heteroatoms. The number of nitrogens with zero attached hydrogens (tertiary/aromatic N) is 1. The maximum atomic E-state index is 12.4. The number of hydrogen-bond donors (Lipinski definition) is 3. The van der Waals surface area contributed by atoms with Crippen LogP contribution in [0.4, 0.5) is 0 Å². The Hall–Kier alpha value is -2.64. The van der Waals surface area contributed by atoms with Gasteiger partial charge < -0.3 is 14.9 Å². The average Bonchev–Trinajstić information content (AvgIpc) is 2.76. The Morgan fingerprint density at radius 2 is 1.85 bits per heavy atom. The van der Waals surface area contributed by atoms with Gasteiger partial charge in [-0.15, -0.1) is 0 Å². The highest BCUT2D eigenvalue weighted by Gasteiger charge is 2.54. The first-order chi connectivity index (χ1) is 12.6. The van der Waals surface area contributed by atoms with Crippen LogP contribution in [0.25, 0.3) is 5.57 Å². The van der Waals surface area contributed by atoms with Crippen LogP contribution in [0.5, 0.6) is 5.75 Å². The summed E-state index contributed by atoms with van der Waals surface area (Å²) < 4.78 is 5.57. The topological polar surface area (TPSA) is 107 Å². The Morgan fingerprint density at radius 3 is 2.33 bits per heavy atom. The summed E-state index contributed by atoms with van der Waals surface area (Å²) >= 11 is 0. The zero-order chi connectivity index (χ0) is 20.4. The highest BCUT2D eigenvalue weighted by atomic mass is 16.5. The van der Waals surface area contributed by atoms with E-state index in [0.717, 1.165) is 5.57 Å². The second-order valence-corrected chi connectivity index (χ2v) is 7.22. The van der Waals surface area contributed by atoms with Gasteiger partial charge in [-0.3, -0.25) is 10.0 Å². The first-order valence-electron chi connectivity index (χ1n) is 8.68. The second kappa shape index (κ2) is 7.94. The number of allylic oxidation sites excluding steroid dienone is 1. The number of carboxylic acids is 1. The monoisotopic (exact) mass is 375 g/mol. The third-order valence-electron chi connectivity index (χ3n) is 4.20. The van der Waals surface area contributed by atoms with Gasteiger partial charge in [-0.1, -0.05) is 31.6 Å². The van der Waals surface area contributed by atoms with Crippen molar-refractivity contribution >= 4 is 17.4 Å². The molecular formula is C20H25NO6. The Labute approximate surface area is 158 Å². The van der Waals surface area contributed by atoms with Crippen LogP contribution in [0.2, 0.25) is 0 Å². The molecule has 1 heterocycles. The summed E-state index contributed by atoms with van der Waals surface area (Å²) in [5.41, 5.74) is -1.42. The Kier molecular flexibility index (Phi) is 6.08. The number of hydroxylamine groups is 2. The van der Waals surface area contributed by atoms with Crippen molar-refractivity contribution in [2.24, 2.45) is 5.92 Å². The summed E-state index contributed by atoms with van der Waals surface area (Å²) in [7, 11) is 0. The molecule has 0 fully saturated rings. The summed E-state index contributed by atoms with van der Waals surface area (Å²) in [5.74, 6) is -2.11. The lowest BCUT2D eigenvalue weighted by Gasteiger charge is -2.26. The smallest absolute Gasteiger partial charge is 0.355 e. The minimum Gasteiger partial charge on any atom is -0.490 e. The largest absolute Gasteiger partial charge is 0.490 e. The van der Waals surface area contributed by atoms with Crippen LogP contribution in [0.1, 0.15) is 39.7 Å². The van der Waals surface area contributed by atoms with E-state index in [9.17, 15) is 25.0 Å². The fraction of sp³-hybridized carbons (Fsp3) is 0.400. The van der Waals surface area contributed by atoms with Gasteiger partial charge in [-0.2, -0.15) is 5.06 Å². The second-order valence-electron chi connectivity index (χ2n) is 7.22. The van der Waals surface area contributed by atoms with E-state index in [1.807, 2.05) is 19.9 Å². The third kappa shape index (κ3) is 4.20. The van der Waals surface area contributed by atoms with Gasteiger partial charge in [0.1, 0.15) is 12.4 Å². The molecule has 0 bridgehead atoms. The van der Waals surface area contributed by atoms with Gasteiger partial charge in [0.15, 0.2) is 11.3 Å². The molecular weight excluding hydrogens is 350 g/mol. The number of carboxylic acid groups (broad SMARTS) is 1. The van der Waals surface area contributed by atoms with Crippen molar-refractivity contribution in [1.29, 1.82) is 0 Å². The highest BCUT2D eigenvalue weighted by molar-refractivity contribution is 6.14. The van der Waals surface area contributed by atoms with E-state index in [2.05, 4.69) is 0 Å². The van der Waals surface area contributed by atoms with Crippen molar-refractivity contribution in [1.82, 2.24) is 5.06 Å². The van der Waals surface area contributed by atoms with Crippen molar-refractivity contribution in [2.75, 3.05) is 6.61 Å². The van der Waals surface area contributed by atoms with Crippen LogP contribution in [0.3, 0.4) is 0 Å². The quantitative estimate of drug-likeness (QED) is 0.500. The number of aliphatic carboxylic acids is 1. The summed E-state index contributed by atoms with van der Waals surface area (Å²) in [5, 5.41) is 30.5. The van der Waals surface area contributed by atoms with E-state index < -0.39 is 23.2 Å². The first-order valence-corrected chi connectivity index (χ1v) is 8.68. The fourth-order valence-corrected chi connectivity index (χ4v) is 3.06. The minimum absolute atomic E-state index is 0.0200. The molecule has 2 rings (SSSR count). The van der Waals surface area contributed by atoms with Crippen molar-refractivity contribution in [2.45, 2.75) is 39.7 Å². The molecule has 0 spiro atoms. The number of carbonyl (C=O) groups excluding carboxylic acids is 1. The Balaban J connectivity index is 2.45. The van der Waals surface area contributed by atoms with Crippen LogP contribution in [-0.4, -0.2) is 44.6 Å². The van der Waals surface area contributed by atoms with Crippen LogP contribution >= 0.6 is 0 Å². The zero-order valence-corrected chi connectivity index (χ0v) is 15.9. The molecule has 1 atom stereocenters. The van der Waals surface area contributed by atoms with Crippen molar-refractivity contribution < 1.29 is 29.7 Å². The molecule has 3 N–H and O–H groups in total. The van der Waals surface area contributed by atoms with E-state index in [1.54, 1.807) is 38.1 Å². The average molecular weight is 375 g/mol. The van der Waals surface area contributed by atoms with E-state index >= 15 is 0 Å². The third-order valence-corrected chi connectivity index (χ3v) is 4.20. The molecule has 0 aliphatic carbocycles. The van der Waals surface area contributed by atoms with Crippen LogP contribution < -0.4 is 4.74 Å². The minimum atomic E-state index is -2.11. The van der Waals surface area contributed by atoms with Crippen LogP contribution in [0.15, 0.2) is 41.6 Å². The molecule has 0 saturated heterocycles. The predicted octanol–water partition coefficient (Wildman–Crippen LogP) is 2.84. The van der Waals surface area contributed by atoms with Gasteiger partial charge in [0.2, 0.25) is 0 Å². The van der Waals surface area contributed by atoms with Gasteiger partial charge >= 0.3 is 5.97 Å². The zero-order valence-electron chi connectivity index (χ0n) is 15.9. The van der Waals surface area contributed by atoms with Gasteiger partial charge in [0, 0.05) is 5.57 Å². The predicted molar refractivity (Wildman–Crippen MR) is 99.0 cm³/mol. The number of amides is 1. The lowest BCUT2D eigenvalue weighted by molar-refractivity contribution is -0.171. The maximum Gasteiger partial charge on any atom is 0.355 e. The van der Waals surface area contributed by atoms with Crippen molar-refractivity contribution in [3.63, 3.8) is 0 Å². The summed E-state index contributed by atoms with van der Waals surface area (Å²) in [6.45, 7) is 7.90. The molecule has 0 aromatic heterocycles. The molecule has 1 aliphatic rings.